The predicted octanol–water partition coefficient (Wildman–Crippen LogP) is 3.42. The molecule has 0 bridgehead atoms. The second-order valence-corrected chi connectivity index (χ2v) is 5.94. The van der Waals surface area contributed by atoms with Crippen LogP contribution >= 0.6 is 0 Å². The molecule has 0 saturated heterocycles. The Labute approximate surface area is 143 Å². The summed E-state index contributed by atoms with van der Waals surface area (Å²) < 4.78 is 5.48. The van der Waals surface area contributed by atoms with E-state index in [0.717, 1.165) is 31.4 Å². The zero-order chi connectivity index (χ0) is 17.2. The molecule has 2 amide bonds. The summed E-state index contributed by atoms with van der Waals surface area (Å²) in [4.78, 5) is 23.7. The largest absolute Gasteiger partial charge is 0.494 e. The zero-order valence-electron chi connectivity index (χ0n) is 14.3. The molecule has 1 aliphatic rings. The molecule has 0 aliphatic heterocycles. The van der Waals surface area contributed by atoms with Gasteiger partial charge in [0.05, 0.1) is 6.61 Å². The van der Waals surface area contributed by atoms with E-state index in [4.69, 9.17) is 4.74 Å². The Kier molecular flexibility index (Phi) is 7.33. The van der Waals surface area contributed by atoms with Crippen LogP contribution in [0.4, 0.5) is 5.69 Å². The Morgan fingerprint density at radius 3 is 2.58 bits per heavy atom. The third kappa shape index (κ3) is 6.07. The Bertz CT molecular complexity index is 579. The smallest absolute Gasteiger partial charge is 0.313 e. The number of nitrogens with one attached hydrogen (secondary N) is 2. The third-order valence-corrected chi connectivity index (χ3v) is 3.91. The molecule has 0 radical (unpaired) electrons. The van der Waals surface area contributed by atoms with E-state index in [2.05, 4.69) is 16.7 Å². The number of allylic oxidation sites excluding steroid dienone is 1. The van der Waals surface area contributed by atoms with Crippen LogP contribution in [0.25, 0.3) is 0 Å². The number of amides is 2. The fourth-order valence-electron chi connectivity index (χ4n) is 2.59. The predicted molar refractivity (Wildman–Crippen MR) is 95.0 cm³/mol. The number of ether oxygens (including phenoxy) is 1. The summed E-state index contributed by atoms with van der Waals surface area (Å²) in [7, 11) is 0. The molecular formula is C19H26N2O3. The van der Waals surface area contributed by atoms with Crippen molar-refractivity contribution in [3.63, 3.8) is 0 Å². The van der Waals surface area contributed by atoms with E-state index in [0.29, 0.717) is 18.8 Å². The van der Waals surface area contributed by atoms with Gasteiger partial charge in [0.15, 0.2) is 0 Å². The Hall–Kier alpha value is -2.30. The summed E-state index contributed by atoms with van der Waals surface area (Å²) in [6.07, 6.45) is 8.71. The molecule has 2 rings (SSSR count). The molecule has 0 atom stereocenters. The van der Waals surface area contributed by atoms with Gasteiger partial charge >= 0.3 is 11.8 Å². The zero-order valence-corrected chi connectivity index (χ0v) is 14.3. The lowest BCUT2D eigenvalue weighted by Gasteiger charge is -2.13. The molecule has 5 nitrogen and oxygen atoms in total. The standard InChI is InChI=1S/C19H26N2O3/c1-2-14-24-17-10-8-16(9-11-17)21-19(23)18(22)20-13-12-15-6-4-3-5-7-15/h6,8-11H,2-5,7,12-14H2,1H3,(H,20,22)(H,21,23). The first-order valence-corrected chi connectivity index (χ1v) is 8.69. The number of hydrogen-bond acceptors (Lipinski definition) is 3. The van der Waals surface area contributed by atoms with E-state index in [1.54, 1.807) is 24.3 Å². The van der Waals surface area contributed by atoms with Crippen molar-refractivity contribution in [3.05, 3.63) is 35.9 Å². The number of carbonyl (C=O) groups excluding carboxylic acids is 2. The van der Waals surface area contributed by atoms with Gasteiger partial charge in [0, 0.05) is 12.2 Å². The van der Waals surface area contributed by atoms with Crippen LogP contribution in [0.15, 0.2) is 35.9 Å². The Balaban J connectivity index is 1.72. The molecule has 0 spiro atoms. The maximum absolute atomic E-state index is 11.9. The number of carbonyl (C=O) groups is 2. The summed E-state index contributed by atoms with van der Waals surface area (Å²) in [6, 6.07) is 7.00. The molecule has 1 aromatic carbocycles. The highest BCUT2D eigenvalue weighted by Crippen LogP contribution is 2.19. The number of anilines is 1. The Morgan fingerprint density at radius 1 is 1.12 bits per heavy atom. The minimum Gasteiger partial charge on any atom is -0.494 e. The van der Waals surface area contributed by atoms with E-state index >= 15 is 0 Å². The van der Waals surface area contributed by atoms with E-state index in [-0.39, 0.29) is 0 Å². The van der Waals surface area contributed by atoms with Crippen LogP contribution < -0.4 is 15.4 Å². The maximum Gasteiger partial charge on any atom is 0.313 e. The summed E-state index contributed by atoms with van der Waals surface area (Å²) in [5.74, 6) is -0.493. The molecule has 5 heteroatoms. The lowest BCUT2D eigenvalue weighted by molar-refractivity contribution is -0.136. The van der Waals surface area contributed by atoms with Crippen LogP contribution in [0.1, 0.15) is 45.4 Å². The quantitative estimate of drug-likeness (QED) is 0.594. The summed E-state index contributed by atoms with van der Waals surface area (Å²) in [5, 5.41) is 5.27. The molecule has 2 N–H and O–H groups in total. The van der Waals surface area contributed by atoms with E-state index in [1.165, 1.54) is 18.4 Å². The number of rotatable bonds is 7. The maximum atomic E-state index is 11.9. The fourth-order valence-corrected chi connectivity index (χ4v) is 2.59. The van der Waals surface area contributed by atoms with Gasteiger partial charge in [-0.3, -0.25) is 9.59 Å². The Morgan fingerprint density at radius 2 is 1.92 bits per heavy atom. The normalized spacial score (nSPS) is 13.8. The lowest BCUT2D eigenvalue weighted by atomic mass is 9.97. The first kappa shape index (κ1) is 18.0. The molecule has 1 aromatic rings. The highest BCUT2D eigenvalue weighted by atomic mass is 16.5. The summed E-state index contributed by atoms with van der Waals surface area (Å²) in [5.41, 5.74) is 1.96. The van der Waals surface area contributed by atoms with Crippen molar-refractivity contribution in [1.82, 2.24) is 5.32 Å². The van der Waals surface area contributed by atoms with Gasteiger partial charge in [0.25, 0.3) is 0 Å². The van der Waals surface area contributed by atoms with Gasteiger partial charge in [0.2, 0.25) is 0 Å². The first-order valence-electron chi connectivity index (χ1n) is 8.69. The minimum absolute atomic E-state index is 0.502. The summed E-state index contributed by atoms with van der Waals surface area (Å²) in [6.45, 7) is 3.20. The lowest BCUT2D eigenvalue weighted by Crippen LogP contribution is -2.36. The van der Waals surface area contributed by atoms with Gasteiger partial charge in [-0.05, 0) is 62.8 Å². The molecule has 0 saturated carbocycles. The molecular weight excluding hydrogens is 304 g/mol. The topological polar surface area (TPSA) is 67.4 Å². The SMILES string of the molecule is CCCOc1ccc(NC(=O)C(=O)NCCC2=CCCCC2)cc1. The van der Waals surface area contributed by atoms with Crippen molar-refractivity contribution in [1.29, 1.82) is 0 Å². The van der Waals surface area contributed by atoms with Gasteiger partial charge in [-0.15, -0.1) is 0 Å². The van der Waals surface area contributed by atoms with Crippen LogP contribution in [0.2, 0.25) is 0 Å². The highest BCUT2D eigenvalue weighted by Gasteiger charge is 2.13. The second-order valence-electron chi connectivity index (χ2n) is 5.94. The molecule has 1 aliphatic carbocycles. The monoisotopic (exact) mass is 330 g/mol. The van der Waals surface area contributed by atoms with Gasteiger partial charge in [-0.25, -0.2) is 0 Å². The van der Waals surface area contributed by atoms with Gasteiger partial charge in [-0.2, -0.15) is 0 Å². The summed E-state index contributed by atoms with van der Waals surface area (Å²) >= 11 is 0. The first-order chi connectivity index (χ1) is 11.7. The van der Waals surface area contributed by atoms with E-state index in [9.17, 15) is 9.59 Å². The van der Waals surface area contributed by atoms with Crippen LogP contribution in [-0.2, 0) is 9.59 Å². The number of benzene rings is 1. The average Bonchev–Trinajstić information content (AvgIpc) is 2.62. The number of hydrogen-bond donors (Lipinski definition) is 2. The van der Waals surface area contributed by atoms with Crippen molar-refractivity contribution in [2.75, 3.05) is 18.5 Å². The molecule has 0 fully saturated rings. The molecule has 24 heavy (non-hydrogen) atoms. The molecule has 0 heterocycles. The second kappa shape index (κ2) is 9.75. The van der Waals surface area contributed by atoms with Crippen molar-refractivity contribution in [3.8, 4) is 5.75 Å². The molecule has 130 valence electrons. The average molecular weight is 330 g/mol. The van der Waals surface area contributed by atoms with Crippen molar-refractivity contribution in [2.45, 2.75) is 45.4 Å². The van der Waals surface area contributed by atoms with Crippen LogP contribution in [0, 0.1) is 0 Å². The van der Waals surface area contributed by atoms with Crippen molar-refractivity contribution in [2.24, 2.45) is 0 Å². The van der Waals surface area contributed by atoms with E-state index in [1.807, 2.05) is 6.92 Å². The van der Waals surface area contributed by atoms with Gasteiger partial charge in [0.1, 0.15) is 5.75 Å². The fraction of sp³-hybridized carbons (Fsp3) is 0.474. The van der Waals surface area contributed by atoms with Crippen LogP contribution in [0.3, 0.4) is 0 Å². The molecule has 0 unspecified atom stereocenters. The van der Waals surface area contributed by atoms with Gasteiger partial charge in [-0.1, -0.05) is 18.6 Å². The third-order valence-electron chi connectivity index (χ3n) is 3.91. The van der Waals surface area contributed by atoms with Gasteiger partial charge < -0.3 is 15.4 Å². The van der Waals surface area contributed by atoms with Crippen molar-refractivity contribution < 1.29 is 14.3 Å². The van der Waals surface area contributed by atoms with Crippen molar-refractivity contribution >= 4 is 17.5 Å². The van der Waals surface area contributed by atoms with E-state index < -0.39 is 11.8 Å². The van der Waals surface area contributed by atoms with Crippen LogP contribution in [0.5, 0.6) is 5.75 Å². The molecule has 0 aromatic heterocycles. The minimum atomic E-state index is -0.644. The highest BCUT2D eigenvalue weighted by molar-refractivity contribution is 6.39. The van der Waals surface area contributed by atoms with Crippen LogP contribution in [-0.4, -0.2) is 25.0 Å².